The van der Waals surface area contributed by atoms with Crippen molar-refractivity contribution in [3.8, 4) is 33.6 Å². The average molecular weight is 713 g/mol. The zero-order chi connectivity index (χ0) is 37.2. The normalized spacial score (nSPS) is 11.7. The number of aryl methyl sites for hydroxylation is 1. The first kappa shape index (κ1) is 32.2. The number of imidazole rings is 1. The maximum Gasteiger partial charge on any atom is 0.139 e. The van der Waals surface area contributed by atoms with Crippen LogP contribution in [-0.2, 0) is 0 Å². The van der Waals surface area contributed by atoms with E-state index in [1.807, 2.05) is 6.07 Å². The van der Waals surface area contributed by atoms with Gasteiger partial charge in [0.25, 0.3) is 0 Å². The van der Waals surface area contributed by atoms with Crippen LogP contribution in [0.1, 0.15) is 5.56 Å². The van der Waals surface area contributed by atoms with Crippen molar-refractivity contribution < 1.29 is 0 Å². The highest BCUT2D eigenvalue weighted by Gasteiger charge is 2.20. The number of benzene rings is 11. The molecule has 0 atom stereocenters. The molecular weight excluding hydrogens is 677 g/mol. The molecule has 12 rings (SSSR count). The molecule has 1 heterocycles. The molecule has 1 N–H and O–H groups in total. The van der Waals surface area contributed by atoms with Crippen molar-refractivity contribution in [1.82, 2.24) is 9.97 Å². The Balaban J connectivity index is 0.000000285. The van der Waals surface area contributed by atoms with E-state index in [-0.39, 0.29) is 0 Å². The molecule has 0 aliphatic heterocycles. The minimum absolute atomic E-state index is 0.901. The molecule has 12 aromatic rings. The van der Waals surface area contributed by atoms with E-state index in [2.05, 4.69) is 200 Å². The topological polar surface area (TPSA) is 28.7 Å². The predicted octanol–water partition coefficient (Wildman–Crippen LogP) is 14.9. The van der Waals surface area contributed by atoms with E-state index in [4.69, 9.17) is 4.98 Å². The quantitative estimate of drug-likeness (QED) is 0.182. The van der Waals surface area contributed by atoms with Crippen molar-refractivity contribution in [2.45, 2.75) is 6.92 Å². The van der Waals surface area contributed by atoms with E-state index >= 15 is 0 Å². The number of hydrogen-bond acceptors (Lipinski definition) is 1. The molecule has 0 fully saturated rings. The molecule has 0 bridgehead atoms. The van der Waals surface area contributed by atoms with Gasteiger partial charge < -0.3 is 4.98 Å². The first-order valence-corrected chi connectivity index (χ1v) is 19.3. The highest BCUT2D eigenvalue weighted by molar-refractivity contribution is 6.31. The van der Waals surface area contributed by atoms with Crippen molar-refractivity contribution in [3.63, 3.8) is 0 Å². The maximum atomic E-state index is 5.01. The fourth-order valence-electron chi connectivity index (χ4n) is 8.94. The summed E-state index contributed by atoms with van der Waals surface area (Å²) in [5.41, 5.74) is 9.52. The Kier molecular flexibility index (Phi) is 7.43. The Bertz CT molecular complexity index is 3290. The molecule has 2 heteroatoms. The van der Waals surface area contributed by atoms with Gasteiger partial charge in [0, 0.05) is 5.56 Å². The number of nitrogens with zero attached hydrogens (tertiary/aromatic N) is 1. The standard InChI is InChI=1S/C43H26N2.C11H10/c1-3-13-29-26(9-1)11-7-15-31(29)37-25-38(32-16-8-12-27-10-2-4-14-30(27)32)35-24-23-33-36(43-44-39-17-5-6-18-40(39)45-43)22-20-28-19-21-34(37)42(35)41(28)33;1-9-5-4-7-10-6-2-3-8-11(9)10/h1-25H,(H,44,45);2-8H,1H3. The molecule has 0 saturated carbocycles. The number of rotatable bonds is 3. The summed E-state index contributed by atoms with van der Waals surface area (Å²) in [6, 6.07) is 70.1. The van der Waals surface area contributed by atoms with Crippen molar-refractivity contribution in [2.24, 2.45) is 0 Å². The first-order valence-electron chi connectivity index (χ1n) is 19.3. The number of hydrogen-bond donors (Lipinski definition) is 1. The van der Waals surface area contributed by atoms with E-state index in [1.165, 1.54) is 92.5 Å². The van der Waals surface area contributed by atoms with Crippen LogP contribution in [0.3, 0.4) is 0 Å². The molecule has 0 radical (unpaired) electrons. The van der Waals surface area contributed by atoms with Crippen LogP contribution in [0.5, 0.6) is 0 Å². The summed E-state index contributed by atoms with van der Waals surface area (Å²) in [6.07, 6.45) is 0. The Labute approximate surface area is 324 Å². The van der Waals surface area contributed by atoms with Crippen LogP contribution in [0.25, 0.3) is 109 Å². The minimum Gasteiger partial charge on any atom is -0.338 e. The molecule has 0 unspecified atom stereocenters. The van der Waals surface area contributed by atoms with Crippen LogP contribution in [0.15, 0.2) is 194 Å². The zero-order valence-corrected chi connectivity index (χ0v) is 30.9. The van der Waals surface area contributed by atoms with Gasteiger partial charge >= 0.3 is 0 Å². The number of H-pyrrole nitrogens is 1. The average Bonchev–Trinajstić information content (AvgIpc) is 3.70. The van der Waals surface area contributed by atoms with E-state index in [0.29, 0.717) is 0 Å². The summed E-state index contributed by atoms with van der Waals surface area (Å²) in [5, 5.41) is 15.3. The monoisotopic (exact) mass is 712 g/mol. The van der Waals surface area contributed by atoms with E-state index in [1.54, 1.807) is 0 Å². The van der Waals surface area contributed by atoms with Gasteiger partial charge in [-0.1, -0.05) is 176 Å². The summed E-state index contributed by atoms with van der Waals surface area (Å²) in [4.78, 5) is 8.60. The third kappa shape index (κ3) is 5.15. The Morgan fingerprint density at radius 2 is 0.839 bits per heavy atom. The van der Waals surface area contributed by atoms with E-state index in [9.17, 15) is 0 Å². The van der Waals surface area contributed by atoms with Crippen molar-refractivity contribution in [2.75, 3.05) is 0 Å². The molecule has 0 amide bonds. The van der Waals surface area contributed by atoms with Gasteiger partial charge in [0.1, 0.15) is 5.82 Å². The largest absolute Gasteiger partial charge is 0.338 e. The molecular formula is C54H36N2. The molecule has 1 aromatic heterocycles. The van der Waals surface area contributed by atoms with Gasteiger partial charge in [-0.15, -0.1) is 0 Å². The molecule has 11 aromatic carbocycles. The SMILES string of the molecule is Cc1cccc2ccccc12.c1ccc2c(-c3cc(-c4cccc5ccccc45)c4ccc5c(-c6nc7ccccc7[nH]6)ccc6ccc3c4c65)cccc2c1. The highest BCUT2D eigenvalue weighted by atomic mass is 14.9. The van der Waals surface area contributed by atoms with Gasteiger partial charge in [-0.25, -0.2) is 4.98 Å². The number of fused-ring (bicyclic) bond motifs is 4. The Hall–Kier alpha value is -7.29. The van der Waals surface area contributed by atoms with Crippen LogP contribution < -0.4 is 0 Å². The molecule has 0 saturated heterocycles. The lowest BCUT2D eigenvalue weighted by molar-refractivity contribution is 1.35. The Morgan fingerprint density at radius 1 is 0.339 bits per heavy atom. The first-order chi connectivity index (χ1) is 27.7. The summed E-state index contributed by atoms with van der Waals surface area (Å²) < 4.78 is 0. The second kappa shape index (κ2) is 12.9. The van der Waals surface area contributed by atoms with E-state index in [0.717, 1.165) is 22.4 Å². The predicted molar refractivity (Wildman–Crippen MR) is 240 cm³/mol. The zero-order valence-electron chi connectivity index (χ0n) is 30.9. The Morgan fingerprint density at radius 3 is 1.48 bits per heavy atom. The third-order valence-corrected chi connectivity index (χ3v) is 11.6. The molecule has 0 spiro atoms. The lowest BCUT2D eigenvalue weighted by Gasteiger charge is -2.20. The number of para-hydroxylation sites is 2. The third-order valence-electron chi connectivity index (χ3n) is 11.6. The maximum absolute atomic E-state index is 5.01. The number of nitrogens with one attached hydrogen (secondary N) is 1. The number of aromatic nitrogens is 2. The van der Waals surface area contributed by atoms with Gasteiger partial charge in [0.15, 0.2) is 0 Å². The smallest absolute Gasteiger partial charge is 0.139 e. The summed E-state index contributed by atoms with van der Waals surface area (Å²) >= 11 is 0. The molecule has 2 nitrogen and oxygen atoms in total. The van der Waals surface area contributed by atoms with Crippen LogP contribution in [-0.4, -0.2) is 9.97 Å². The van der Waals surface area contributed by atoms with E-state index < -0.39 is 0 Å². The number of aromatic amines is 1. The molecule has 262 valence electrons. The molecule has 0 aliphatic carbocycles. The van der Waals surface area contributed by atoms with Gasteiger partial charge in [-0.3, -0.25) is 0 Å². The summed E-state index contributed by atoms with van der Waals surface area (Å²) in [5.74, 6) is 0.901. The highest BCUT2D eigenvalue weighted by Crippen LogP contribution is 2.47. The van der Waals surface area contributed by atoms with Crippen LogP contribution in [0, 0.1) is 6.92 Å². The fourth-order valence-corrected chi connectivity index (χ4v) is 8.94. The van der Waals surface area contributed by atoms with Crippen molar-refractivity contribution in [3.05, 3.63) is 200 Å². The summed E-state index contributed by atoms with van der Waals surface area (Å²) in [6.45, 7) is 2.14. The van der Waals surface area contributed by atoms with Gasteiger partial charge in [0.05, 0.1) is 11.0 Å². The lowest BCUT2D eigenvalue weighted by Crippen LogP contribution is -1.93. The van der Waals surface area contributed by atoms with Gasteiger partial charge in [-0.2, -0.15) is 0 Å². The van der Waals surface area contributed by atoms with Gasteiger partial charge in [0.2, 0.25) is 0 Å². The molecule has 56 heavy (non-hydrogen) atoms. The van der Waals surface area contributed by atoms with Crippen molar-refractivity contribution in [1.29, 1.82) is 0 Å². The second-order valence-corrected chi connectivity index (χ2v) is 14.8. The lowest BCUT2D eigenvalue weighted by atomic mass is 9.83. The van der Waals surface area contributed by atoms with Crippen molar-refractivity contribution >= 4 is 75.7 Å². The van der Waals surface area contributed by atoms with Crippen LogP contribution in [0.4, 0.5) is 0 Å². The minimum atomic E-state index is 0.901. The fraction of sp³-hybridized carbons (Fsp3) is 0.0185. The van der Waals surface area contributed by atoms with Gasteiger partial charge in [-0.05, 0) is 118 Å². The molecule has 0 aliphatic rings. The summed E-state index contributed by atoms with van der Waals surface area (Å²) in [7, 11) is 0. The second-order valence-electron chi connectivity index (χ2n) is 14.8. The van der Waals surface area contributed by atoms with Crippen LogP contribution in [0.2, 0.25) is 0 Å². The van der Waals surface area contributed by atoms with Crippen LogP contribution >= 0.6 is 0 Å².